The Morgan fingerprint density at radius 1 is 1.00 bits per heavy atom. The van der Waals surface area contributed by atoms with Crippen molar-refractivity contribution >= 4 is 29.5 Å². The summed E-state index contributed by atoms with van der Waals surface area (Å²) in [5, 5.41) is 5.71. The number of pyridine rings is 1. The van der Waals surface area contributed by atoms with Crippen LogP contribution in [0.2, 0.25) is 0 Å². The maximum absolute atomic E-state index is 13.8. The number of nitrogens with zero attached hydrogens (tertiary/aromatic N) is 2. The molecule has 3 aromatic rings. The van der Waals surface area contributed by atoms with Crippen LogP contribution in [-0.2, 0) is 22.6 Å². The van der Waals surface area contributed by atoms with Gasteiger partial charge in [0.1, 0.15) is 17.5 Å². The molecule has 1 aromatic heterocycles. The number of hydrogen-bond donors (Lipinski definition) is 2. The molecule has 1 saturated heterocycles. The molecule has 3 atom stereocenters. The molecule has 0 spiro atoms. The summed E-state index contributed by atoms with van der Waals surface area (Å²) in [6.07, 6.45) is 3.69. The Balaban J connectivity index is 1.37. The van der Waals surface area contributed by atoms with Crippen LogP contribution in [0.1, 0.15) is 46.3 Å². The molecule has 0 aliphatic carbocycles. The zero-order chi connectivity index (χ0) is 25.3. The van der Waals surface area contributed by atoms with E-state index in [2.05, 4.69) is 15.6 Å². The summed E-state index contributed by atoms with van der Waals surface area (Å²) >= 11 is 1.61. The van der Waals surface area contributed by atoms with Gasteiger partial charge < -0.3 is 15.5 Å². The van der Waals surface area contributed by atoms with Gasteiger partial charge in [0.2, 0.25) is 11.8 Å². The van der Waals surface area contributed by atoms with Crippen LogP contribution in [0.4, 0.5) is 0 Å². The van der Waals surface area contributed by atoms with Crippen molar-refractivity contribution in [3.05, 3.63) is 101 Å². The first kappa shape index (κ1) is 24.1. The van der Waals surface area contributed by atoms with Crippen molar-refractivity contribution in [3.63, 3.8) is 0 Å². The topological polar surface area (TPSA) is 91.4 Å². The van der Waals surface area contributed by atoms with Gasteiger partial charge in [0, 0.05) is 35.7 Å². The summed E-state index contributed by atoms with van der Waals surface area (Å²) in [5.41, 5.74) is 3.43. The largest absolute Gasteiger partial charge is 0.350 e. The maximum atomic E-state index is 13.8. The quantitative estimate of drug-likeness (QED) is 0.518. The number of carbonyl (C=O) groups is 3. The fraction of sp³-hybridized carbons (Fsp3) is 0.286. The van der Waals surface area contributed by atoms with Gasteiger partial charge in [0.25, 0.3) is 5.91 Å². The van der Waals surface area contributed by atoms with E-state index in [1.54, 1.807) is 29.1 Å². The van der Waals surface area contributed by atoms with E-state index in [1.165, 1.54) is 0 Å². The van der Waals surface area contributed by atoms with Crippen LogP contribution in [0.5, 0.6) is 0 Å². The number of fused-ring (bicyclic) bond motifs is 3. The SMILES string of the molecule is CC1(C)SC2c3ccccc3C(=O)N2[C@@H]1C(=O)N[C@@H](Cc1ccccc1)C(=O)NCc1ccncc1. The number of aromatic nitrogens is 1. The van der Waals surface area contributed by atoms with Gasteiger partial charge in [-0.3, -0.25) is 19.4 Å². The Hall–Kier alpha value is -3.65. The molecule has 0 radical (unpaired) electrons. The summed E-state index contributed by atoms with van der Waals surface area (Å²) in [6.45, 7) is 4.28. The predicted molar refractivity (Wildman–Crippen MR) is 139 cm³/mol. The van der Waals surface area contributed by atoms with Crippen molar-refractivity contribution in [1.29, 1.82) is 0 Å². The highest BCUT2D eigenvalue weighted by atomic mass is 32.2. The first-order valence-corrected chi connectivity index (χ1v) is 12.8. The van der Waals surface area contributed by atoms with Crippen LogP contribution >= 0.6 is 11.8 Å². The highest BCUT2D eigenvalue weighted by molar-refractivity contribution is 8.01. The minimum Gasteiger partial charge on any atom is -0.350 e. The van der Waals surface area contributed by atoms with Crippen LogP contribution in [0.15, 0.2) is 79.1 Å². The monoisotopic (exact) mass is 500 g/mol. The zero-order valence-corrected chi connectivity index (χ0v) is 21.0. The summed E-state index contributed by atoms with van der Waals surface area (Å²) in [6, 6.07) is 19.3. The van der Waals surface area contributed by atoms with E-state index in [0.717, 1.165) is 16.7 Å². The number of amides is 3. The summed E-state index contributed by atoms with van der Waals surface area (Å²) in [7, 11) is 0. The lowest BCUT2D eigenvalue weighted by Gasteiger charge is -2.31. The lowest BCUT2D eigenvalue weighted by molar-refractivity contribution is -0.131. The zero-order valence-electron chi connectivity index (χ0n) is 20.2. The van der Waals surface area contributed by atoms with Crippen molar-refractivity contribution < 1.29 is 14.4 Å². The van der Waals surface area contributed by atoms with Gasteiger partial charge in [-0.25, -0.2) is 0 Å². The number of thioether (sulfide) groups is 1. The molecule has 2 aromatic carbocycles. The first-order chi connectivity index (χ1) is 17.3. The van der Waals surface area contributed by atoms with E-state index in [0.29, 0.717) is 18.5 Å². The summed E-state index contributed by atoms with van der Waals surface area (Å²) in [5.74, 6) is -0.744. The van der Waals surface area contributed by atoms with E-state index >= 15 is 0 Å². The van der Waals surface area contributed by atoms with Gasteiger partial charge in [-0.15, -0.1) is 11.8 Å². The van der Waals surface area contributed by atoms with Crippen LogP contribution < -0.4 is 10.6 Å². The lowest BCUT2D eigenvalue weighted by Crippen LogP contribution is -2.57. The average molecular weight is 501 g/mol. The molecule has 36 heavy (non-hydrogen) atoms. The summed E-state index contributed by atoms with van der Waals surface area (Å²) < 4.78 is -0.525. The Kier molecular flexibility index (Phi) is 6.53. The second-order valence-corrected chi connectivity index (χ2v) is 11.3. The van der Waals surface area contributed by atoms with E-state index in [4.69, 9.17) is 0 Å². The van der Waals surface area contributed by atoms with Crippen LogP contribution in [-0.4, -0.2) is 44.4 Å². The molecule has 3 heterocycles. The van der Waals surface area contributed by atoms with Crippen molar-refractivity contribution in [2.75, 3.05) is 0 Å². The molecule has 2 aliphatic heterocycles. The molecular weight excluding hydrogens is 472 g/mol. The van der Waals surface area contributed by atoms with E-state index in [1.807, 2.05) is 80.6 Å². The molecule has 7 nitrogen and oxygen atoms in total. The smallest absolute Gasteiger partial charge is 0.256 e. The molecule has 184 valence electrons. The standard InChI is InChI=1S/C28H28N4O3S/c1-28(2)23(32-26(35)20-10-6-7-11-21(20)27(32)36-28)25(34)31-22(16-18-8-4-3-5-9-18)24(33)30-17-19-12-14-29-15-13-19/h3-15,22-23,27H,16-17H2,1-2H3,(H,30,33)(H,31,34)/t22-,23+,27?/m0/s1. The predicted octanol–water partition coefficient (Wildman–Crippen LogP) is 3.47. The number of carbonyl (C=O) groups excluding carboxylic acids is 3. The van der Waals surface area contributed by atoms with E-state index in [9.17, 15) is 14.4 Å². The molecule has 1 unspecified atom stereocenters. The number of benzene rings is 2. The van der Waals surface area contributed by atoms with Gasteiger partial charge in [-0.1, -0.05) is 48.5 Å². The lowest BCUT2D eigenvalue weighted by atomic mass is 9.99. The Morgan fingerprint density at radius 3 is 2.44 bits per heavy atom. The number of hydrogen-bond acceptors (Lipinski definition) is 5. The first-order valence-electron chi connectivity index (χ1n) is 12.0. The van der Waals surface area contributed by atoms with Crippen LogP contribution in [0.3, 0.4) is 0 Å². The molecule has 2 N–H and O–H groups in total. The van der Waals surface area contributed by atoms with E-state index in [-0.39, 0.29) is 23.1 Å². The third-order valence-electron chi connectivity index (χ3n) is 6.68. The fourth-order valence-electron chi connectivity index (χ4n) is 4.93. The molecule has 0 bridgehead atoms. The van der Waals surface area contributed by atoms with Gasteiger partial charge in [-0.2, -0.15) is 0 Å². The molecule has 5 rings (SSSR count). The minimum absolute atomic E-state index is 0.143. The van der Waals surface area contributed by atoms with E-state index < -0.39 is 16.8 Å². The third kappa shape index (κ3) is 4.60. The Morgan fingerprint density at radius 2 is 1.69 bits per heavy atom. The van der Waals surface area contributed by atoms with Crippen LogP contribution in [0.25, 0.3) is 0 Å². The molecule has 1 fully saturated rings. The number of rotatable bonds is 7. The Bertz CT molecular complexity index is 1280. The molecule has 2 aliphatic rings. The molecule has 3 amide bonds. The fourth-order valence-corrected chi connectivity index (χ4v) is 6.52. The average Bonchev–Trinajstić information content (AvgIpc) is 3.32. The van der Waals surface area contributed by atoms with Crippen molar-refractivity contribution in [2.45, 2.75) is 49.0 Å². The Labute approximate surface area is 214 Å². The maximum Gasteiger partial charge on any atom is 0.256 e. The molecular formula is C28H28N4O3S. The highest BCUT2D eigenvalue weighted by Gasteiger charge is 2.57. The number of nitrogens with one attached hydrogen (secondary N) is 2. The van der Waals surface area contributed by atoms with Crippen molar-refractivity contribution in [1.82, 2.24) is 20.5 Å². The summed E-state index contributed by atoms with van der Waals surface area (Å²) in [4.78, 5) is 46.0. The molecule has 8 heteroatoms. The minimum atomic E-state index is -0.790. The highest BCUT2D eigenvalue weighted by Crippen LogP contribution is 2.56. The van der Waals surface area contributed by atoms with Crippen molar-refractivity contribution in [2.24, 2.45) is 0 Å². The van der Waals surface area contributed by atoms with Gasteiger partial charge >= 0.3 is 0 Å². The van der Waals surface area contributed by atoms with Crippen LogP contribution in [0, 0.1) is 0 Å². The normalized spacial score (nSPS) is 20.4. The van der Waals surface area contributed by atoms with Gasteiger partial charge in [0.15, 0.2) is 0 Å². The van der Waals surface area contributed by atoms with Gasteiger partial charge in [-0.05, 0) is 48.7 Å². The van der Waals surface area contributed by atoms with Gasteiger partial charge in [0.05, 0.1) is 0 Å². The third-order valence-corrected chi connectivity index (χ3v) is 8.21. The molecule has 0 saturated carbocycles. The second kappa shape index (κ2) is 9.78. The van der Waals surface area contributed by atoms with Crippen molar-refractivity contribution in [3.8, 4) is 0 Å². The second-order valence-electron chi connectivity index (χ2n) is 9.60.